The number of nitriles is 1. The van der Waals surface area contributed by atoms with Gasteiger partial charge in [0.15, 0.2) is 0 Å². The van der Waals surface area contributed by atoms with E-state index in [-0.39, 0.29) is 0 Å². The Labute approximate surface area is 77.6 Å². The number of nitrogens with zero attached hydrogens (tertiary/aromatic N) is 3. The normalized spacial score (nSPS) is 9.77. The summed E-state index contributed by atoms with van der Waals surface area (Å²) in [7, 11) is 0. The molecule has 13 heavy (non-hydrogen) atoms. The fourth-order valence-corrected chi connectivity index (χ4v) is 0.995. The van der Waals surface area contributed by atoms with Crippen molar-refractivity contribution in [1.82, 2.24) is 9.97 Å². The molecule has 0 aliphatic rings. The highest BCUT2D eigenvalue weighted by Crippen LogP contribution is 2.06. The smallest absolute Gasteiger partial charge is 0.146 e. The predicted octanol–water partition coefficient (Wildman–Crippen LogP) is 1.48. The van der Waals surface area contributed by atoms with Gasteiger partial charge in [0, 0.05) is 12.1 Å². The average molecular weight is 176 g/mol. The van der Waals surface area contributed by atoms with Crippen LogP contribution in [0.4, 0.5) is 5.82 Å². The summed E-state index contributed by atoms with van der Waals surface area (Å²) in [5.41, 5.74) is 0.399. The van der Waals surface area contributed by atoms with Crippen LogP contribution < -0.4 is 5.32 Å². The number of hydrogen-bond acceptors (Lipinski definition) is 4. The summed E-state index contributed by atoms with van der Waals surface area (Å²) in [6, 6.07) is 3.94. The van der Waals surface area contributed by atoms with Crippen molar-refractivity contribution in [3.63, 3.8) is 0 Å². The van der Waals surface area contributed by atoms with Crippen LogP contribution in [0.25, 0.3) is 0 Å². The molecule has 1 aromatic rings. The maximum atomic E-state index is 8.65. The fourth-order valence-electron chi connectivity index (χ4n) is 0.995. The van der Waals surface area contributed by atoms with Gasteiger partial charge in [-0.2, -0.15) is 5.26 Å². The molecule has 68 valence electrons. The SMILES string of the molecule is Cc1nc(C#N)cc(NC(C)C)n1. The van der Waals surface area contributed by atoms with Gasteiger partial charge in [-0.1, -0.05) is 0 Å². The summed E-state index contributed by atoms with van der Waals surface area (Å²) < 4.78 is 0. The lowest BCUT2D eigenvalue weighted by Gasteiger charge is -2.08. The minimum absolute atomic E-state index is 0.306. The summed E-state index contributed by atoms with van der Waals surface area (Å²) in [5, 5.41) is 11.8. The van der Waals surface area contributed by atoms with Crippen LogP contribution in [0.15, 0.2) is 6.07 Å². The molecule has 0 bridgehead atoms. The molecule has 0 spiro atoms. The van der Waals surface area contributed by atoms with Crippen molar-refractivity contribution in [3.05, 3.63) is 17.6 Å². The van der Waals surface area contributed by atoms with Gasteiger partial charge in [-0.15, -0.1) is 0 Å². The Kier molecular flexibility index (Phi) is 2.80. The molecule has 1 rings (SSSR count). The number of anilines is 1. The van der Waals surface area contributed by atoms with Gasteiger partial charge in [-0.3, -0.25) is 0 Å². The van der Waals surface area contributed by atoms with Crippen LogP contribution in [0.3, 0.4) is 0 Å². The van der Waals surface area contributed by atoms with Gasteiger partial charge in [0.1, 0.15) is 23.4 Å². The molecule has 1 N–H and O–H groups in total. The van der Waals surface area contributed by atoms with E-state index in [9.17, 15) is 0 Å². The molecular formula is C9H12N4. The molecule has 4 nitrogen and oxygen atoms in total. The molecule has 0 radical (unpaired) electrons. The first-order valence-electron chi connectivity index (χ1n) is 4.14. The zero-order valence-corrected chi connectivity index (χ0v) is 8.00. The van der Waals surface area contributed by atoms with Gasteiger partial charge < -0.3 is 5.32 Å². The maximum absolute atomic E-state index is 8.65. The van der Waals surface area contributed by atoms with Gasteiger partial charge in [-0.05, 0) is 20.8 Å². The predicted molar refractivity (Wildman–Crippen MR) is 50.2 cm³/mol. The zero-order valence-electron chi connectivity index (χ0n) is 8.00. The summed E-state index contributed by atoms with van der Waals surface area (Å²) in [5.74, 6) is 1.32. The quantitative estimate of drug-likeness (QED) is 0.741. The number of aryl methyl sites for hydroxylation is 1. The average Bonchev–Trinajstić information content (AvgIpc) is 2.01. The van der Waals surface area contributed by atoms with Crippen LogP contribution in [0.2, 0.25) is 0 Å². The Bertz CT molecular complexity index is 338. The Balaban J connectivity index is 2.96. The minimum Gasteiger partial charge on any atom is -0.368 e. The Hall–Kier alpha value is -1.63. The van der Waals surface area contributed by atoms with E-state index in [2.05, 4.69) is 15.3 Å². The van der Waals surface area contributed by atoms with Crippen LogP contribution in [-0.2, 0) is 0 Å². The number of hydrogen-bond donors (Lipinski definition) is 1. The monoisotopic (exact) mass is 176 g/mol. The van der Waals surface area contributed by atoms with E-state index < -0.39 is 0 Å². The van der Waals surface area contributed by atoms with Crippen LogP contribution >= 0.6 is 0 Å². The van der Waals surface area contributed by atoms with Gasteiger partial charge in [-0.25, -0.2) is 9.97 Å². The number of rotatable bonds is 2. The maximum Gasteiger partial charge on any atom is 0.146 e. The van der Waals surface area contributed by atoms with E-state index in [1.54, 1.807) is 13.0 Å². The fraction of sp³-hybridized carbons (Fsp3) is 0.444. The molecule has 0 saturated heterocycles. The van der Waals surface area contributed by atoms with Gasteiger partial charge in [0.05, 0.1) is 0 Å². The Morgan fingerprint density at radius 1 is 1.46 bits per heavy atom. The van der Waals surface area contributed by atoms with Crippen molar-refractivity contribution >= 4 is 5.82 Å². The third kappa shape index (κ3) is 2.71. The number of nitrogens with one attached hydrogen (secondary N) is 1. The molecule has 0 saturated carbocycles. The van der Waals surface area contributed by atoms with Crippen molar-refractivity contribution in [2.75, 3.05) is 5.32 Å². The molecule has 0 unspecified atom stereocenters. The summed E-state index contributed by atoms with van der Waals surface area (Å²) in [6.07, 6.45) is 0. The largest absolute Gasteiger partial charge is 0.368 e. The van der Waals surface area contributed by atoms with Crippen LogP contribution in [0.1, 0.15) is 25.4 Å². The van der Waals surface area contributed by atoms with E-state index in [4.69, 9.17) is 5.26 Å². The minimum atomic E-state index is 0.306. The lowest BCUT2D eigenvalue weighted by molar-refractivity contribution is 0.879. The molecule has 0 atom stereocenters. The van der Waals surface area contributed by atoms with Crippen molar-refractivity contribution in [1.29, 1.82) is 5.26 Å². The van der Waals surface area contributed by atoms with Crippen LogP contribution in [-0.4, -0.2) is 16.0 Å². The second-order valence-corrected chi connectivity index (χ2v) is 3.10. The summed E-state index contributed by atoms with van der Waals surface area (Å²) >= 11 is 0. The highest BCUT2D eigenvalue weighted by molar-refractivity contribution is 5.40. The van der Waals surface area contributed by atoms with Crippen LogP contribution in [0, 0.1) is 18.3 Å². The molecular weight excluding hydrogens is 164 g/mol. The number of aromatic nitrogens is 2. The standard InChI is InChI=1S/C9H12N4/c1-6(2)11-9-4-8(5-10)12-7(3)13-9/h4,6H,1-3H3,(H,11,12,13). The second kappa shape index (κ2) is 3.85. The summed E-state index contributed by atoms with van der Waals surface area (Å²) in [4.78, 5) is 8.10. The highest BCUT2D eigenvalue weighted by Gasteiger charge is 2.01. The van der Waals surface area contributed by atoms with Crippen molar-refractivity contribution in [2.45, 2.75) is 26.8 Å². The van der Waals surface area contributed by atoms with E-state index in [1.807, 2.05) is 19.9 Å². The topological polar surface area (TPSA) is 61.6 Å². The molecule has 1 aromatic heterocycles. The Morgan fingerprint density at radius 3 is 2.69 bits per heavy atom. The van der Waals surface area contributed by atoms with Gasteiger partial charge in [0.2, 0.25) is 0 Å². The molecule has 0 amide bonds. The first-order chi connectivity index (χ1) is 6.11. The first kappa shape index (κ1) is 9.46. The zero-order chi connectivity index (χ0) is 9.84. The molecule has 0 aromatic carbocycles. The van der Waals surface area contributed by atoms with Crippen LogP contribution in [0.5, 0.6) is 0 Å². The molecule has 0 fully saturated rings. The van der Waals surface area contributed by atoms with E-state index in [0.717, 1.165) is 0 Å². The van der Waals surface area contributed by atoms with Gasteiger partial charge >= 0.3 is 0 Å². The summed E-state index contributed by atoms with van der Waals surface area (Å²) in [6.45, 7) is 5.80. The molecule has 1 heterocycles. The molecule has 0 aliphatic carbocycles. The van der Waals surface area contributed by atoms with Crippen molar-refractivity contribution < 1.29 is 0 Å². The van der Waals surface area contributed by atoms with Crippen molar-refractivity contribution in [2.24, 2.45) is 0 Å². The third-order valence-electron chi connectivity index (χ3n) is 1.39. The highest BCUT2D eigenvalue weighted by atomic mass is 15.0. The van der Waals surface area contributed by atoms with E-state index in [0.29, 0.717) is 23.4 Å². The van der Waals surface area contributed by atoms with E-state index >= 15 is 0 Å². The molecule has 4 heteroatoms. The lowest BCUT2D eigenvalue weighted by atomic mass is 10.3. The first-order valence-corrected chi connectivity index (χ1v) is 4.14. The third-order valence-corrected chi connectivity index (χ3v) is 1.39. The Morgan fingerprint density at radius 2 is 2.15 bits per heavy atom. The van der Waals surface area contributed by atoms with Crippen molar-refractivity contribution in [3.8, 4) is 6.07 Å². The lowest BCUT2D eigenvalue weighted by Crippen LogP contribution is -2.12. The second-order valence-electron chi connectivity index (χ2n) is 3.10. The molecule has 0 aliphatic heterocycles. The van der Waals surface area contributed by atoms with Gasteiger partial charge in [0.25, 0.3) is 0 Å². The van der Waals surface area contributed by atoms with E-state index in [1.165, 1.54) is 0 Å².